The fraction of sp³-hybridized carbons (Fsp3) is 0.967. The summed E-state index contributed by atoms with van der Waals surface area (Å²) in [6.07, 6.45) is 13.4. The number of hydrogen-bond donors (Lipinski definition) is 0. The van der Waals surface area contributed by atoms with Gasteiger partial charge in [-0.05, 0) is 115 Å². The number of carbonyl (C=O) groups excluding carboxylic acids is 1. The van der Waals surface area contributed by atoms with Crippen LogP contribution in [0.2, 0.25) is 0 Å². The molecule has 31 heavy (non-hydrogen) atoms. The van der Waals surface area contributed by atoms with Crippen molar-refractivity contribution in [2.75, 3.05) is 0 Å². The predicted octanol–water partition coefficient (Wildman–Crippen LogP) is 8.31. The first-order valence-corrected chi connectivity index (χ1v) is 13.9. The zero-order chi connectivity index (χ0) is 22.6. The molecule has 0 bridgehead atoms. The fourth-order valence-corrected chi connectivity index (χ4v) is 11.8. The molecule has 0 aliphatic heterocycles. The maximum Gasteiger partial charge on any atom is 0.138 e. The van der Waals surface area contributed by atoms with Gasteiger partial charge in [-0.1, -0.05) is 55.4 Å². The molecule has 5 saturated carbocycles. The molecule has 0 N–H and O–H groups in total. The summed E-state index contributed by atoms with van der Waals surface area (Å²) in [6.45, 7) is 20.3. The van der Waals surface area contributed by atoms with Gasteiger partial charge in [-0.2, -0.15) is 0 Å². The number of fused-ring (bicyclic) bond motifs is 7. The summed E-state index contributed by atoms with van der Waals surface area (Å²) >= 11 is 0. The molecule has 0 spiro atoms. The van der Waals surface area contributed by atoms with Crippen LogP contribution >= 0.6 is 0 Å². The van der Waals surface area contributed by atoms with Gasteiger partial charge in [-0.25, -0.2) is 0 Å². The minimum atomic E-state index is -0.110. The van der Waals surface area contributed by atoms with Crippen molar-refractivity contribution in [1.82, 2.24) is 0 Å². The number of carbonyl (C=O) groups is 1. The molecule has 176 valence electrons. The molecule has 0 aromatic rings. The Kier molecular flexibility index (Phi) is 4.80. The van der Waals surface area contributed by atoms with Gasteiger partial charge in [-0.15, -0.1) is 0 Å². The van der Waals surface area contributed by atoms with Crippen LogP contribution in [0.25, 0.3) is 0 Å². The van der Waals surface area contributed by atoms with Crippen LogP contribution in [0.5, 0.6) is 0 Å². The maximum atomic E-state index is 12.9. The summed E-state index contributed by atoms with van der Waals surface area (Å²) in [6, 6.07) is 0. The molecule has 5 fully saturated rings. The van der Waals surface area contributed by atoms with E-state index in [-0.39, 0.29) is 5.41 Å². The van der Waals surface area contributed by atoms with Crippen LogP contribution in [0.4, 0.5) is 0 Å². The van der Waals surface area contributed by atoms with E-state index < -0.39 is 0 Å². The van der Waals surface area contributed by atoms with Crippen LogP contribution in [0.1, 0.15) is 120 Å². The Morgan fingerprint density at radius 1 is 0.677 bits per heavy atom. The highest BCUT2D eigenvalue weighted by Crippen LogP contribution is 2.77. The molecular weight excluding hydrogens is 376 g/mol. The molecule has 5 rings (SSSR count). The van der Waals surface area contributed by atoms with Crippen LogP contribution in [0.15, 0.2) is 0 Å². The van der Waals surface area contributed by atoms with Crippen LogP contribution < -0.4 is 0 Å². The zero-order valence-electron chi connectivity index (χ0n) is 21.9. The van der Waals surface area contributed by atoms with Gasteiger partial charge in [0, 0.05) is 11.8 Å². The molecule has 9 atom stereocenters. The third-order valence-electron chi connectivity index (χ3n) is 13.6. The summed E-state index contributed by atoms with van der Waals surface area (Å²) < 4.78 is 0. The predicted molar refractivity (Wildman–Crippen MR) is 130 cm³/mol. The van der Waals surface area contributed by atoms with Crippen molar-refractivity contribution in [3.05, 3.63) is 0 Å². The number of rotatable bonds is 1. The molecule has 0 aromatic heterocycles. The minimum absolute atomic E-state index is 0.110. The molecule has 1 nitrogen and oxygen atoms in total. The van der Waals surface area contributed by atoms with E-state index in [0.29, 0.717) is 33.4 Å². The topological polar surface area (TPSA) is 17.1 Å². The second-order valence-electron chi connectivity index (χ2n) is 14.9. The highest BCUT2D eigenvalue weighted by Gasteiger charge is 2.70. The van der Waals surface area contributed by atoms with Crippen LogP contribution in [-0.2, 0) is 4.79 Å². The summed E-state index contributed by atoms with van der Waals surface area (Å²) in [7, 11) is 0. The quantitative estimate of drug-likeness (QED) is 0.412. The first-order valence-electron chi connectivity index (χ1n) is 13.9. The van der Waals surface area contributed by atoms with Crippen LogP contribution in [0.3, 0.4) is 0 Å². The Morgan fingerprint density at radius 3 is 2.03 bits per heavy atom. The van der Waals surface area contributed by atoms with Crippen LogP contribution in [-0.4, -0.2) is 5.78 Å². The molecule has 0 amide bonds. The Labute approximate surface area is 192 Å². The van der Waals surface area contributed by atoms with Crippen molar-refractivity contribution in [2.24, 2.45) is 62.6 Å². The van der Waals surface area contributed by atoms with E-state index in [1.54, 1.807) is 0 Å². The van der Waals surface area contributed by atoms with E-state index in [1.165, 1.54) is 51.4 Å². The first-order chi connectivity index (χ1) is 14.3. The molecule has 0 saturated heterocycles. The lowest BCUT2D eigenvalue weighted by atomic mass is 9.33. The largest absolute Gasteiger partial charge is 0.299 e. The third kappa shape index (κ3) is 2.59. The lowest BCUT2D eigenvalue weighted by Crippen LogP contribution is -2.65. The minimum Gasteiger partial charge on any atom is -0.299 e. The monoisotopic (exact) mass is 426 g/mol. The summed E-state index contributed by atoms with van der Waals surface area (Å²) in [5.74, 6) is 5.52. The maximum absolute atomic E-state index is 12.9. The van der Waals surface area contributed by atoms with Crippen molar-refractivity contribution in [3.8, 4) is 0 Å². The average molecular weight is 427 g/mol. The third-order valence-corrected chi connectivity index (χ3v) is 13.6. The van der Waals surface area contributed by atoms with E-state index >= 15 is 0 Å². The lowest BCUT2D eigenvalue weighted by Gasteiger charge is -2.71. The van der Waals surface area contributed by atoms with Gasteiger partial charge in [0.15, 0.2) is 0 Å². The van der Waals surface area contributed by atoms with E-state index in [2.05, 4.69) is 55.4 Å². The van der Waals surface area contributed by atoms with Crippen LogP contribution in [0, 0.1) is 62.6 Å². The molecule has 5 aliphatic carbocycles. The Hall–Kier alpha value is -0.330. The zero-order valence-corrected chi connectivity index (χ0v) is 21.9. The van der Waals surface area contributed by atoms with E-state index in [4.69, 9.17) is 0 Å². The molecule has 1 heteroatoms. The van der Waals surface area contributed by atoms with Gasteiger partial charge in [0.2, 0.25) is 0 Å². The summed E-state index contributed by atoms with van der Waals surface area (Å²) in [4.78, 5) is 12.9. The van der Waals surface area contributed by atoms with Gasteiger partial charge in [0.1, 0.15) is 5.78 Å². The Morgan fingerprint density at radius 2 is 1.35 bits per heavy atom. The van der Waals surface area contributed by atoms with E-state index in [0.717, 1.165) is 42.4 Å². The Balaban J connectivity index is 1.51. The van der Waals surface area contributed by atoms with Crippen molar-refractivity contribution >= 4 is 5.78 Å². The highest BCUT2D eigenvalue weighted by molar-refractivity contribution is 5.85. The molecule has 0 aromatic carbocycles. The molecule has 0 unspecified atom stereocenters. The van der Waals surface area contributed by atoms with E-state index in [9.17, 15) is 4.79 Å². The number of ketones is 1. The molecule has 5 aliphatic rings. The summed E-state index contributed by atoms with van der Waals surface area (Å²) in [5.41, 5.74) is 1.83. The lowest BCUT2D eigenvalue weighted by molar-refractivity contribution is -0.225. The van der Waals surface area contributed by atoms with Crippen molar-refractivity contribution in [1.29, 1.82) is 0 Å². The first kappa shape index (κ1) is 22.5. The van der Waals surface area contributed by atoms with Gasteiger partial charge in [0.05, 0.1) is 0 Å². The van der Waals surface area contributed by atoms with Gasteiger partial charge >= 0.3 is 0 Å². The second-order valence-corrected chi connectivity index (χ2v) is 14.9. The number of hydrogen-bond acceptors (Lipinski definition) is 1. The van der Waals surface area contributed by atoms with Gasteiger partial charge in [0.25, 0.3) is 0 Å². The second kappa shape index (κ2) is 6.63. The van der Waals surface area contributed by atoms with E-state index in [1.807, 2.05) is 0 Å². The Bertz CT molecular complexity index is 764. The smallest absolute Gasteiger partial charge is 0.138 e. The number of Topliss-reactive ketones (excluding diaryl/α,β-unsaturated/α-hetero) is 1. The van der Waals surface area contributed by atoms with Crippen molar-refractivity contribution in [2.45, 2.75) is 120 Å². The highest BCUT2D eigenvalue weighted by atomic mass is 16.1. The van der Waals surface area contributed by atoms with Gasteiger partial charge < -0.3 is 0 Å². The SMILES string of the molecule is CC(C)[C@H]1CC[C@@H]2[C@]1(C)CC[C@]1(C)[C@H]3CC[C@H]4C(C)(C)C(=O)CC[C@]4(C)[C@H]3CC[C@@]21C. The van der Waals surface area contributed by atoms with Gasteiger partial charge in [-0.3, -0.25) is 4.79 Å². The normalized spacial score (nSPS) is 55.9. The molecule has 0 heterocycles. The fourth-order valence-electron chi connectivity index (χ4n) is 11.8. The molecular formula is C30H50O. The van der Waals surface area contributed by atoms with Crippen molar-refractivity contribution < 1.29 is 4.79 Å². The standard InChI is InChI=1S/C30H50O/c1-19(2)20-9-12-24-28(20,6)17-18-29(7)22-10-11-23-26(3,4)25(31)14-15-27(23,5)21(22)13-16-30(24,29)8/h19-24H,9-18H2,1-8H3/t20-,21+,22+,23+,24-,27-,28-,29-,30+/m1/s1. The average Bonchev–Trinajstić information content (AvgIpc) is 3.05. The van der Waals surface area contributed by atoms with Crippen molar-refractivity contribution in [3.63, 3.8) is 0 Å². The summed E-state index contributed by atoms with van der Waals surface area (Å²) in [5, 5.41) is 0. The molecule has 0 radical (unpaired) electrons.